The molecule has 1 saturated heterocycles. The fraction of sp³-hybridized carbons (Fsp3) is 0.733. The lowest BCUT2D eigenvalue weighted by Crippen LogP contribution is -2.47. The van der Waals surface area contributed by atoms with E-state index >= 15 is 0 Å². The molecule has 3 rings (SSSR count). The molecule has 0 radical (unpaired) electrons. The molecule has 1 aliphatic heterocycles. The Labute approximate surface area is 128 Å². The van der Waals surface area contributed by atoms with Crippen molar-refractivity contribution in [1.82, 2.24) is 10.2 Å². The summed E-state index contributed by atoms with van der Waals surface area (Å²) in [4.78, 5) is 4.29. The van der Waals surface area contributed by atoms with Gasteiger partial charge in [0.25, 0.3) is 0 Å². The van der Waals surface area contributed by atoms with Gasteiger partial charge in [0.1, 0.15) is 0 Å². The molecule has 1 aromatic rings. The van der Waals surface area contributed by atoms with Gasteiger partial charge in [0.2, 0.25) is 0 Å². The summed E-state index contributed by atoms with van der Waals surface area (Å²) in [5.41, 5.74) is 0. The molecule has 106 valence electrons. The zero-order valence-electron chi connectivity index (χ0n) is 11.4. The standard InChI is InChI=1S/C15H23BrN2S/c16-13-6-11-19-15(13)14(12-4-2-1-3-5-12)18-9-7-17-8-10-18/h6,11-12,14,17H,1-5,7-10H2/t14-/m1/s1. The smallest absolute Gasteiger partial charge is 0.0482 e. The molecule has 2 fully saturated rings. The molecule has 0 unspecified atom stereocenters. The maximum atomic E-state index is 3.77. The minimum absolute atomic E-state index is 0.650. The number of nitrogens with zero attached hydrogens (tertiary/aromatic N) is 1. The molecule has 2 aliphatic rings. The lowest BCUT2D eigenvalue weighted by Gasteiger charge is -2.40. The lowest BCUT2D eigenvalue weighted by atomic mass is 9.82. The average Bonchev–Trinajstić information content (AvgIpc) is 2.88. The van der Waals surface area contributed by atoms with Gasteiger partial charge >= 0.3 is 0 Å². The summed E-state index contributed by atoms with van der Waals surface area (Å²) in [5, 5.41) is 5.72. The van der Waals surface area contributed by atoms with Crippen molar-refractivity contribution in [3.63, 3.8) is 0 Å². The Bertz CT molecular complexity index is 377. The van der Waals surface area contributed by atoms with Crippen molar-refractivity contribution in [2.75, 3.05) is 26.2 Å². The summed E-state index contributed by atoms with van der Waals surface area (Å²) >= 11 is 5.70. The van der Waals surface area contributed by atoms with E-state index in [-0.39, 0.29) is 0 Å². The summed E-state index contributed by atoms with van der Waals surface area (Å²) in [6.45, 7) is 4.69. The maximum Gasteiger partial charge on any atom is 0.0482 e. The molecule has 1 N–H and O–H groups in total. The van der Waals surface area contributed by atoms with Gasteiger partial charge in [-0.15, -0.1) is 11.3 Å². The highest BCUT2D eigenvalue weighted by Gasteiger charge is 2.32. The van der Waals surface area contributed by atoms with Crippen LogP contribution in [0, 0.1) is 5.92 Å². The Morgan fingerprint density at radius 2 is 1.95 bits per heavy atom. The van der Waals surface area contributed by atoms with Crippen molar-refractivity contribution in [3.05, 3.63) is 20.8 Å². The molecule has 1 saturated carbocycles. The van der Waals surface area contributed by atoms with Crippen LogP contribution in [0.25, 0.3) is 0 Å². The highest BCUT2D eigenvalue weighted by Crippen LogP contribution is 2.43. The molecule has 1 atom stereocenters. The van der Waals surface area contributed by atoms with E-state index < -0.39 is 0 Å². The summed E-state index contributed by atoms with van der Waals surface area (Å²) in [7, 11) is 0. The van der Waals surface area contributed by atoms with Gasteiger partial charge in [-0.25, -0.2) is 0 Å². The van der Waals surface area contributed by atoms with Crippen molar-refractivity contribution in [1.29, 1.82) is 0 Å². The number of hydrogen-bond acceptors (Lipinski definition) is 3. The second kappa shape index (κ2) is 6.70. The summed E-state index contributed by atoms with van der Waals surface area (Å²) in [6.07, 6.45) is 7.13. The maximum absolute atomic E-state index is 3.77. The molecule has 4 heteroatoms. The van der Waals surface area contributed by atoms with E-state index in [1.807, 2.05) is 11.3 Å². The van der Waals surface area contributed by atoms with Gasteiger partial charge in [0.05, 0.1) is 0 Å². The predicted octanol–water partition coefficient (Wildman–Crippen LogP) is 4.04. The SMILES string of the molecule is Brc1ccsc1[C@@H](C1CCCCC1)N1CCNCC1. The van der Waals surface area contributed by atoms with Gasteiger partial charge in [0.15, 0.2) is 0 Å². The van der Waals surface area contributed by atoms with Crippen LogP contribution >= 0.6 is 27.3 Å². The third kappa shape index (κ3) is 3.23. The number of thiophene rings is 1. The molecular formula is C15H23BrN2S. The Morgan fingerprint density at radius 3 is 2.58 bits per heavy atom. The number of rotatable bonds is 3. The molecule has 19 heavy (non-hydrogen) atoms. The predicted molar refractivity (Wildman–Crippen MR) is 85.8 cm³/mol. The van der Waals surface area contributed by atoms with E-state index in [0.29, 0.717) is 6.04 Å². The second-order valence-corrected chi connectivity index (χ2v) is 7.56. The first-order chi connectivity index (χ1) is 9.36. The number of hydrogen-bond donors (Lipinski definition) is 1. The largest absolute Gasteiger partial charge is 0.314 e. The first-order valence-electron chi connectivity index (χ1n) is 7.54. The minimum Gasteiger partial charge on any atom is -0.314 e. The first-order valence-corrected chi connectivity index (χ1v) is 9.21. The molecule has 0 spiro atoms. The van der Waals surface area contributed by atoms with Gasteiger partial charge in [-0.3, -0.25) is 4.90 Å². The third-order valence-electron chi connectivity index (χ3n) is 4.55. The van der Waals surface area contributed by atoms with Crippen LogP contribution in [-0.4, -0.2) is 31.1 Å². The normalized spacial score (nSPS) is 24.5. The van der Waals surface area contributed by atoms with Crippen molar-refractivity contribution < 1.29 is 0 Å². The Balaban J connectivity index is 1.83. The summed E-state index contributed by atoms with van der Waals surface area (Å²) < 4.78 is 1.33. The van der Waals surface area contributed by atoms with E-state index in [9.17, 15) is 0 Å². The highest BCUT2D eigenvalue weighted by atomic mass is 79.9. The van der Waals surface area contributed by atoms with Crippen LogP contribution in [0.3, 0.4) is 0 Å². The number of halogens is 1. The van der Waals surface area contributed by atoms with Crippen LogP contribution < -0.4 is 5.32 Å². The van der Waals surface area contributed by atoms with Crippen LogP contribution in [0.5, 0.6) is 0 Å². The number of nitrogens with one attached hydrogen (secondary N) is 1. The molecule has 1 aromatic heterocycles. The molecule has 0 amide bonds. The lowest BCUT2D eigenvalue weighted by molar-refractivity contribution is 0.105. The molecule has 2 nitrogen and oxygen atoms in total. The van der Waals surface area contributed by atoms with Crippen molar-refractivity contribution in [2.24, 2.45) is 5.92 Å². The first kappa shape index (κ1) is 14.1. The van der Waals surface area contributed by atoms with Gasteiger partial charge in [-0.1, -0.05) is 19.3 Å². The fourth-order valence-corrected chi connectivity index (χ4v) is 5.44. The molecule has 2 heterocycles. The van der Waals surface area contributed by atoms with Gasteiger partial charge in [-0.2, -0.15) is 0 Å². The number of piperazine rings is 1. The van der Waals surface area contributed by atoms with Crippen LogP contribution in [0.1, 0.15) is 43.0 Å². The van der Waals surface area contributed by atoms with E-state index in [2.05, 4.69) is 37.6 Å². The van der Waals surface area contributed by atoms with E-state index in [1.54, 1.807) is 4.88 Å². The van der Waals surface area contributed by atoms with Crippen molar-refractivity contribution in [2.45, 2.75) is 38.1 Å². The molecular weight excluding hydrogens is 320 g/mol. The van der Waals surface area contributed by atoms with Crippen LogP contribution in [0.2, 0.25) is 0 Å². The highest BCUT2D eigenvalue weighted by molar-refractivity contribution is 9.10. The molecule has 0 bridgehead atoms. The van der Waals surface area contributed by atoms with Crippen LogP contribution in [0.4, 0.5) is 0 Å². The summed E-state index contributed by atoms with van der Waals surface area (Å²) in [6, 6.07) is 2.87. The third-order valence-corrected chi connectivity index (χ3v) is 6.50. The zero-order valence-corrected chi connectivity index (χ0v) is 13.8. The van der Waals surface area contributed by atoms with Gasteiger partial charge in [-0.05, 0) is 46.1 Å². The Morgan fingerprint density at radius 1 is 1.21 bits per heavy atom. The van der Waals surface area contributed by atoms with Crippen LogP contribution in [-0.2, 0) is 0 Å². The van der Waals surface area contributed by atoms with Crippen LogP contribution in [0.15, 0.2) is 15.9 Å². The second-order valence-electron chi connectivity index (χ2n) is 5.76. The summed E-state index contributed by atoms with van der Waals surface area (Å²) in [5.74, 6) is 0.863. The zero-order chi connectivity index (χ0) is 13.1. The monoisotopic (exact) mass is 342 g/mol. The molecule has 1 aliphatic carbocycles. The fourth-order valence-electron chi connectivity index (χ4n) is 3.60. The van der Waals surface area contributed by atoms with Gasteiger partial charge < -0.3 is 5.32 Å². The van der Waals surface area contributed by atoms with E-state index in [0.717, 1.165) is 19.0 Å². The van der Waals surface area contributed by atoms with Gasteiger partial charge in [0, 0.05) is 41.6 Å². The Hall–Kier alpha value is 0.1000. The van der Waals surface area contributed by atoms with Crippen molar-refractivity contribution in [3.8, 4) is 0 Å². The van der Waals surface area contributed by atoms with E-state index in [4.69, 9.17) is 0 Å². The Kier molecular flexibility index (Phi) is 4.96. The van der Waals surface area contributed by atoms with E-state index in [1.165, 1.54) is 49.7 Å². The molecule has 0 aromatic carbocycles. The quantitative estimate of drug-likeness (QED) is 0.891. The van der Waals surface area contributed by atoms with Crippen molar-refractivity contribution >= 4 is 27.3 Å². The minimum atomic E-state index is 0.650. The topological polar surface area (TPSA) is 15.3 Å². The average molecular weight is 343 g/mol.